The molecule has 2 aliphatic heterocycles. The number of hydrogen-bond donors (Lipinski definition) is 1. The van der Waals surface area contributed by atoms with Crippen molar-refractivity contribution < 1.29 is 9.52 Å². The molecule has 4 rings (SSSR count). The van der Waals surface area contributed by atoms with E-state index in [9.17, 15) is 9.90 Å². The maximum absolute atomic E-state index is 11.4. The molecule has 0 unspecified atom stereocenters. The monoisotopic (exact) mass is 325 g/mol. The van der Waals surface area contributed by atoms with Crippen molar-refractivity contribution in [2.45, 2.75) is 31.4 Å². The van der Waals surface area contributed by atoms with Crippen LogP contribution in [0.3, 0.4) is 0 Å². The minimum atomic E-state index is -0.407. The Hall–Kier alpha value is -1.01. The second kappa shape index (κ2) is 6.40. The van der Waals surface area contributed by atoms with Crippen molar-refractivity contribution >= 4 is 28.3 Å². The summed E-state index contributed by atoms with van der Waals surface area (Å²) in [5, 5.41) is 9.17. The fraction of sp³-hybridized carbons (Fsp3) is 0.600. The third-order valence-corrected chi connectivity index (χ3v) is 5.93. The average molecular weight is 325 g/mol. The number of aromatic hydroxyl groups is 1. The first kappa shape index (κ1) is 14.9. The van der Waals surface area contributed by atoms with E-state index in [1.165, 1.54) is 43.5 Å². The maximum Gasteiger partial charge on any atom is 0.226 e. The summed E-state index contributed by atoms with van der Waals surface area (Å²) in [4.78, 5) is 13.7. The number of nitrogens with zero attached hydrogens (tertiary/aromatic N) is 1. The van der Waals surface area contributed by atoms with Gasteiger partial charge in [-0.25, -0.2) is 0 Å². The lowest BCUT2D eigenvalue weighted by atomic mass is 9.84. The van der Waals surface area contributed by atoms with Gasteiger partial charge in [-0.1, -0.05) is 24.0 Å². The van der Waals surface area contributed by atoms with Crippen molar-refractivity contribution in [3.8, 4) is 5.75 Å². The summed E-state index contributed by atoms with van der Waals surface area (Å²) in [7, 11) is 0. The van der Waals surface area contributed by atoms with Gasteiger partial charge in [0.1, 0.15) is 16.3 Å². The highest BCUT2D eigenvalue weighted by Gasteiger charge is 2.30. The summed E-state index contributed by atoms with van der Waals surface area (Å²) < 4.78 is 6.10. The molecule has 1 saturated carbocycles. The first-order chi connectivity index (χ1) is 10.1. The lowest BCUT2D eigenvalue weighted by Crippen LogP contribution is -2.31. The van der Waals surface area contributed by atoms with Crippen molar-refractivity contribution in [2.24, 2.45) is 11.8 Å². The third-order valence-electron chi connectivity index (χ3n) is 4.39. The topological polar surface area (TPSA) is 53.7 Å². The van der Waals surface area contributed by atoms with Gasteiger partial charge in [0.05, 0.1) is 5.75 Å². The smallest absolute Gasteiger partial charge is 0.226 e. The highest BCUT2D eigenvalue weighted by Crippen LogP contribution is 2.35. The van der Waals surface area contributed by atoms with Crippen molar-refractivity contribution in [3.05, 3.63) is 28.3 Å². The van der Waals surface area contributed by atoms with Gasteiger partial charge in [0, 0.05) is 19.2 Å². The summed E-state index contributed by atoms with van der Waals surface area (Å²) in [5.41, 5.74) is -0.407. The second-order valence-corrected chi connectivity index (χ2v) is 7.55. The van der Waals surface area contributed by atoms with Crippen LogP contribution in [0.1, 0.15) is 31.4 Å². The molecule has 3 aliphatic rings. The molecule has 2 bridgehead atoms. The van der Waals surface area contributed by atoms with Crippen LogP contribution in [0.5, 0.6) is 5.75 Å². The van der Waals surface area contributed by atoms with Crippen molar-refractivity contribution in [1.29, 1.82) is 0 Å². The Morgan fingerprint density at radius 1 is 1.33 bits per heavy atom. The standard InChI is InChI=1S/C15H19NO3S2/c17-13-5-12(19-8-14(13)18)9-21-15(20)16-6-10-1-2-11(7-16)4-3-10/h5,8,10-11,18H,1-4,6-7,9H2. The molecule has 21 heavy (non-hydrogen) atoms. The minimum Gasteiger partial charge on any atom is -0.502 e. The largest absolute Gasteiger partial charge is 0.502 e. The van der Waals surface area contributed by atoms with E-state index in [1.54, 1.807) is 0 Å². The molecule has 1 N–H and O–H groups in total. The molecule has 2 saturated heterocycles. The first-order valence-electron chi connectivity index (χ1n) is 7.34. The van der Waals surface area contributed by atoms with Gasteiger partial charge in [-0.05, 0) is 37.5 Å². The van der Waals surface area contributed by atoms with Gasteiger partial charge in [-0.3, -0.25) is 4.79 Å². The van der Waals surface area contributed by atoms with Gasteiger partial charge in [0.15, 0.2) is 5.75 Å². The molecule has 4 nitrogen and oxygen atoms in total. The van der Waals surface area contributed by atoms with Crippen molar-refractivity contribution in [3.63, 3.8) is 0 Å². The molecular formula is C15H19NO3S2. The maximum atomic E-state index is 11.4. The van der Waals surface area contributed by atoms with Gasteiger partial charge >= 0.3 is 0 Å². The Balaban J connectivity index is 1.58. The van der Waals surface area contributed by atoms with Crippen LogP contribution in [0, 0.1) is 11.8 Å². The van der Waals surface area contributed by atoms with Gasteiger partial charge in [-0.2, -0.15) is 0 Å². The molecule has 3 heterocycles. The lowest BCUT2D eigenvalue weighted by Gasteiger charge is -2.24. The summed E-state index contributed by atoms with van der Waals surface area (Å²) in [6.45, 7) is 2.14. The zero-order valence-corrected chi connectivity index (χ0v) is 13.4. The highest BCUT2D eigenvalue weighted by atomic mass is 32.2. The molecule has 0 aromatic carbocycles. The van der Waals surface area contributed by atoms with Crippen molar-refractivity contribution in [2.75, 3.05) is 13.1 Å². The molecule has 6 heteroatoms. The van der Waals surface area contributed by atoms with Crippen LogP contribution in [0.4, 0.5) is 0 Å². The fourth-order valence-electron chi connectivity index (χ4n) is 3.19. The Morgan fingerprint density at radius 2 is 1.95 bits per heavy atom. The zero-order chi connectivity index (χ0) is 14.8. The van der Waals surface area contributed by atoms with E-state index in [1.807, 2.05) is 0 Å². The van der Waals surface area contributed by atoms with Crippen LogP contribution in [0.15, 0.2) is 21.5 Å². The Kier molecular flexibility index (Phi) is 4.54. The quantitative estimate of drug-likeness (QED) is 0.844. The number of rotatable bonds is 2. The van der Waals surface area contributed by atoms with Crippen LogP contribution in [-0.4, -0.2) is 27.4 Å². The van der Waals surface area contributed by atoms with E-state index in [0.29, 0.717) is 11.5 Å². The van der Waals surface area contributed by atoms with Crippen LogP contribution in [0.25, 0.3) is 0 Å². The lowest BCUT2D eigenvalue weighted by molar-refractivity contribution is 0.326. The molecular weight excluding hydrogens is 306 g/mol. The molecule has 0 amide bonds. The molecule has 114 valence electrons. The Bertz CT molecular complexity index is 565. The van der Waals surface area contributed by atoms with Crippen molar-refractivity contribution in [1.82, 2.24) is 4.90 Å². The zero-order valence-electron chi connectivity index (χ0n) is 11.8. The summed E-state index contributed by atoms with van der Waals surface area (Å²) in [6.07, 6.45) is 6.43. The minimum absolute atomic E-state index is 0.351. The summed E-state index contributed by atoms with van der Waals surface area (Å²) in [6, 6.07) is 1.33. The number of thioether (sulfide) groups is 1. The predicted molar refractivity (Wildman–Crippen MR) is 87.6 cm³/mol. The van der Waals surface area contributed by atoms with Gasteiger partial charge in [0.2, 0.25) is 5.43 Å². The fourth-order valence-corrected chi connectivity index (χ4v) is 4.26. The number of fused-ring (bicyclic) bond motifs is 4. The molecule has 0 spiro atoms. The van der Waals surface area contributed by atoms with E-state index in [4.69, 9.17) is 16.6 Å². The van der Waals surface area contributed by atoms with E-state index in [2.05, 4.69) is 4.90 Å². The summed E-state index contributed by atoms with van der Waals surface area (Å²) in [5.74, 6) is 2.29. The molecule has 0 atom stereocenters. The SMILES string of the molecule is O=c1cc(CSC(=S)N2CC3CCC(CC3)C2)occ1O. The highest BCUT2D eigenvalue weighted by molar-refractivity contribution is 8.22. The van der Waals surface area contributed by atoms with Gasteiger partial charge < -0.3 is 14.4 Å². The molecule has 1 aliphatic carbocycles. The average Bonchev–Trinajstić information content (AvgIpc) is 2.82. The van der Waals surface area contributed by atoms with Gasteiger partial charge in [-0.15, -0.1) is 0 Å². The Labute approximate surface area is 133 Å². The first-order valence-corrected chi connectivity index (χ1v) is 8.73. The second-order valence-electron chi connectivity index (χ2n) is 5.94. The van der Waals surface area contributed by atoms with E-state index >= 15 is 0 Å². The van der Waals surface area contributed by atoms with E-state index in [0.717, 1.165) is 35.5 Å². The van der Waals surface area contributed by atoms with Gasteiger partial charge in [0.25, 0.3) is 0 Å². The van der Waals surface area contributed by atoms with Crippen LogP contribution < -0.4 is 5.43 Å². The van der Waals surface area contributed by atoms with Crippen LogP contribution in [-0.2, 0) is 5.75 Å². The predicted octanol–water partition coefficient (Wildman–Crippen LogP) is 2.99. The Morgan fingerprint density at radius 3 is 2.52 bits per heavy atom. The van der Waals surface area contributed by atoms with E-state index < -0.39 is 5.43 Å². The molecule has 0 radical (unpaired) electrons. The summed E-state index contributed by atoms with van der Waals surface area (Å²) >= 11 is 7.08. The van der Waals surface area contributed by atoms with E-state index in [-0.39, 0.29) is 5.75 Å². The molecule has 3 fully saturated rings. The third kappa shape index (κ3) is 3.61. The van der Waals surface area contributed by atoms with Crippen LogP contribution >= 0.6 is 24.0 Å². The number of thiocarbonyl (C=S) groups is 1. The van der Waals surface area contributed by atoms with Crippen LogP contribution in [0.2, 0.25) is 0 Å². The molecule has 1 aromatic rings. The molecule has 1 aromatic heterocycles. The number of hydrogen-bond acceptors (Lipinski definition) is 5. The normalized spacial score (nSPS) is 24.9.